The number of fused-ring (bicyclic) bond motifs is 1. The Morgan fingerprint density at radius 3 is 1.94 bits per heavy atom. The molecular weight excluding hydrogens is 443 g/mol. The van der Waals surface area contributed by atoms with E-state index in [4.69, 9.17) is 4.74 Å². The summed E-state index contributed by atoms with van der Waals surface area (Å²) in [6, 6.07) is 11.1. The lowest BCUT2D eigenvalue weighted by Crippen LogP contribution is -2.36. The molecule has 0 amide bonds. The van der Waals surface area contributed by atoms with E-state index in [2.05, 4.69) is 4.74 Å². The first kappa shape index (κ1) is 22.9. The van der Waals surface area contributed by atoms with E-state index in [1.165, 1.54) is 43.5 Å². The molecule has 174 valence electrons. The second-order valence-corrected chi connectivity index (χ2v) is 10.3. The Morgan fingerprint density at radius 2 is 1.31 bits per heavy atom. The fraction of sp³-hybridized carbons (Fsp3) is 0.478. The Morgan fingerprint density at radius 1 is 0.781 bits per heavy atom. The van der Waals surface area contributed by atoms with Crippen LogP contribution in [0.5, 0.6) is 17.2 Å². The van der Waals surface area contributed by atoms with Crippen LogP contribution in [-0.4, -0.2) is 32.2 Å². The van der Waals surface area contributed by atoms with Gasteiger partial charge in [0.2, 0.25) is 10.0 Å². The van der Waals surface area contributed by atoms with Gasteiger partial charge in [-0.1, -0.05) is 19.3 Å². The summed E-state index contributed by atoms with van der Waals surface area (Å²) in [6.45, 7) is 1.12. The molecule has 2 fully saturated rings. The number of benzene rings is 2. The first-order valence-corrected chi connectivity index (χ1v) is 12.3. The third kappa shape index (κ3) is 5.56. The van der Waals surface area contributed by atoms with Crippen molar-refractivity contribution >= 4 is 10.0 Å². The van der Waals surface area contributed by atoms with E-state index >= 15 is 0 Å². The van der Waals surface area contributed by atoms with Crippen LogP contribution < -0.4 is 9.47 Å². The number of nitrogens with zero attached hydrogens (tertiary/aromatic N) is 1. The normalized spacial score (nSPS) is 22.6. The average molecular weight is 470 g/mol. The van der Waals surface area contributed by atoms with Gasteiger partial charge in [-0.3, -0.25) is 0 Å². The van der Waals surface area contributed by atoms with E-state index < -0.39 is 16.4 Å². The smallest absolute Gasteiger partial charge is 0.457 e. The zero-order valence-corrected chi connectivity index (χ0v) is 18.4. The summed E-state index contributed by atoms with van der Waals surface area (Å²) in [5, 5.41) is 0. The minimum atomic E-state index is -4.75. The average Bonchev–Trinajstić information content (AvgIpc) is 2.98. The van der Waals surface area contributed by atoms with Crippen LogP contribution in [-0.2, 0) is 10.0 Å². The van der Waals surface area contributed by atoms with E-state index in [1.54, 1.807) is 16.4 Å². The lowest BCUT2D eigenvalue weighted by molar-refractivity contribution is -0.274. The molecule has 4 rings (SSSR count). The van der Waals surface area contributed by atoms with E-state index in [0.717, 1.165) is 31.4 Å². The summed E-state index contributed by atoms with van der Waals surface area (Å²) >= 11 is 0. The summed E-state index contributed by atoms with van der Waals surface area (Å²) < 4.78 is 74.3. The molecule has 0 bridgehead atoms. The number of ether oxygens (including phenoxy) is 2. The summed E-state index contributed by atoms with van der Waals surface area (Å²) in [7, 11) is -3.59. The lowest BCUT2D eigenvalue weighted by atomic mass is 9.78. The molecule has 32 heavy (non-hydrogen) atoms. The van der Waals surface area contributed by atoms with Crippen molar-refractivity contribution in [2.24, 2.45) is 11.8 Å². The molecule has 2 aromatic carbocycles. The van der Waals surface area contributed by atoms with Gasteiger partial charge in [0.1, 0.15) is 17.2 Å². The molecule has 0 aromatic heterocycles. The quantitative estimate of drug-likeness (QED) is 0.542. The molecular formula is C23H26F3NO4S. The van der Waals surface area contributed by atoms with E-state index in [9.17, 15) is 21.6 Å². The Bertz CT molecular complexity index is 1010. The number of rotatable bonds is 5. The van der Waals surface area contributed by atoms with Crippen LogP contribution in [0, 0.1) is 11.8 Å². The van der Waals surface area contributed by atoms with Gasteiger partial charge in [0.25, 0.3) is 0 Å². The van der Waals surface area contributed by atoms with Gasteiger partial charge >= 0.3 is 6.36 Å². The highest BCUT2D eigenvalue weighted by atomic mass is 32.2. The molecule has 0 N–H and O–H groups in total. The molecule has 0 spiro atoms. The first-order chi connectivity index (χ1) is 15.2. The van der Waals surface area contributed by atoms with Crippen LogP contribution in [0.1, 0.15) is 38.5 Å². The number of alkyl halides is 3. The third-order valence-corrected chi connectivity index (χ3v) is 8.12. The predicted octanol–water partition coefficient (Wildman–Crippen LogP) is 5.97. The van der Waals surface area contributed by atoms with Crippen LogP contribution in [0.3, 0.4) is 0 Å². The highest BCUT2D eigenvalue weighted by Crippen LogP contribution is 2.37. The lowest BCUT2D eigenvalue weighted by Gasteiger charge is -2.31. The van der Waals surface area contributed by atoms with Crippen molar-refractivity contribution in [2.45, 2.75) is 49.8 Å². The van der Waals surface area contributed by atoms with Crippen molar-refractivity contribution in [1.82, 2.24) is 4.31 Å². The molecule has 1 heterocycles. The largest absolute Gasteiger partial charge is 0.573 e. The molecule has 1 saturated heterocycles. The highest BCUT2D eigenvalue weighted by Gasteiger charge is 2.34. The van der Waals surface area contributed by atoms with E-state index in [1.807, 2.05) is 0 Å². The molecule has 0 radical (unpaired) electrons. The van der Waals surface area contributed by atoms with Crippen molar-refractivity contribution in [3.05, 3.63) is 48.5 Å². The summed E-state index contributed by atoms with van der Waals surface area (Å²) in [5.74, 6) is 1.42. The van der Waals surface area contributed by atoms with Gasteiger partial charge < -0.3 is 9.47 Å². The predicted molar refractivity (Wildman–Crippen MR) is 113 cm³/mol. The SMILES string of the molecule is O=S(=O)(c1ccc(Oc2ccc(OC(F)(F)F)cc2)cc1)N1CCCC2CCCCC2C1. The number of sulfonamides is 1. The van der Waals surface area contributed by atoms with Crippen molar-refractivity contribution < 1.29 is 31.1 Å². The standard InChI is InChI=1S/C23H26F3NO4S/c24-23(25,26)31-21-9-7-19(8-10-21)30-20-11-13-22(14-12-20)32(28,29)27-15-3-6-17-4-1-2-5-18(17)16-27/h7-14,17-18H,1-6,15-16H2. The Balaban J connectivity index is 1.42. The summed E-state index contributed by atoms with van der Waals surface area (Å²) in [5.41, 5.74) is 0. The van der Waals surface area contributed by atoms with Gasteiger partial charge in [-0.15, -0.1) is 13.2 Å². The third-order valence-electron chi connectivity index (χ3n) is 6.24. The molecule has 2 atom stereocenters. The van der Waals surface area contributed by atoms with Gasteiger partial charge in [0.15, 0.2) is 0 Å². The van der Waals surface area contributed by atoms with Gasteiger partial charge in [-0.2, -0.15) is 4.31 Å². The molecule has 2 aromatic rings. The van der Waals surface area contributed by atoms with Crippen molar-refractivity contribution in [1.29, 1.82) is 0 Å². The summed E-state index contributed by atoms with van der Waals surface area (Å²) in [6.07, 6.45) is 1.93. The minimum Gasteiger partial charge on any atom is -0.457 e. The molecule has 9 heteroatoms. The van der Waals surface area contributed by atoms with E-state index in [-0.39, 0.29) is 10.6 Å². The zero-order valence-electron chi connectivity index (χ0n) is 17.6. The fourth-order valence-electron chi connectivity index (χ4n) is 4.68. The Kier molecular flexibility index (Phi) is 6.67. The second kappa shape index (κ2) is 9.31. The zero-order chi connectivity index (χ0) is 22.8. The van der Waals surface area contributed by atoms with Crippen LogP contribution >= 0.6 is 0 Å². The van der Waals surface area contributed by atoms with Crippen LogP contribution in [0.2, 0.25) is 0 Å². The van der Waals surface area contributed by atoms with Gasteiger partial charge in [0, 0.05) is 13.1 Å². The number of hydrogen-bond acceptors (Lipinski definition) is 4. The van der Waals surface area contributed by atoms with Crippen LogP contribution in [0.15, 0.2) is 53.4 Å². The summed E-state index contributed by atoms with van der Waals surface area (Å²) in [4.78, 5) is 0.216. The molecule has 2 aliphatic rings. The van der Waals surface area contributed by atoms with Gasteiger partial charge in [0.05, 0.1) is 4.90 Å². The number of halogens is 3. The maximum absolute atomic E-state index is 13.2. The molecule has 1 aliphatic heterocycles. The number of hydrogen-bond donors (Lipinski definition) is 0. The molecule has 1 aliphatic carbocycles. The van der Waals surface area contributed by atoms with Gasteiger partial charge in [-0.25, -0.2) is 8.42 Å². The monoisotopic (exact) mass is 469 g/mol. The van der Waals surface area contributed by atoms with Crippen LogP contribution in [0.25, 0.3) is 0 Å². The Labute approximate surface area is 186 Å². The topological polar surface area (TPSA) is 55.8 Å². The van der Waals surface area contributed by atoms with E-state index in [0.29, 0.717) is 36.4 Å². The molecule has 2 unspecified atom stereocenters. The van der Waals surface area contributed by atoms with Crippen molar-refractivity contribution in [3.8, 4) is 17.2 Å². The molecule has 5 nitrogen and oxygen atoms in total. The maximum atomic E-state index is 13.2. The fourth-order valence-corrected chi connectivity index (χ4v) is 6.22. The molecule has 1 saturated carbocycles. The van der Waals surface area contributed by atoms with Crippen molar-refractivity contribution in [2.75, 3.05) is 13.1 Å². The Hall–Kier alpha value is -2.26. The minimum absolute atomic E-state index is 0.216. The van der Waals surface area contributed by atoms with Crippen LogP contribution in [0.4, 0.5) is 13.2 Å². The van der Waals surface area contributed by atoms with Gasteiger partial charge in [-0.05, 0) is 79.6 Å². The van der Waals surface area contributed by atoms with Crippen molar-refractivity contribution in [3.63, 3.8) is 0 Å². The first-order valence-electron chi connectivity index (χ1n) is 10.8. The maximum Gasteiger partial charge on any atom is 0.573 e. The highest BCUT2D eigenvalue weighted by molar-refractivity contribution is 7.89. The second-order valence-electron chi connectivity index (χ2n) is 8.40.